The van der Waals surface area contributed by atoms with Gasteiger partial charge in [0.05, 0.1) is 0 Å². The summed E-state index contributed by atoms with van der Waals surface area (Å²) in [5.74, 6) is 1.77. The Hall–Kier alpha value is -0.630. The molecule has 0 radical (unpaired) electrons. The maximum atomic E-state index is 4.30. The first kappa shape index (κ1) is 14.4. The fraction of sp³-hybridized carbons (Fsp3) is 0.600. The summed E-state index contributed by atoms with van der Waals surface area (Å²) in [6, 6.07) is 8.78. The Morgan fingerprint density at radius 2 is 2.06 bits per heavy atom. The molecule has 0 saturated carbocycles. The van der Waals surface area contributed by atoms with Crippen molar-refractivity contribution in [1.82, 2.24) is 0 Å². The van der Waals surface area contributed by atoms with E-state index in [0.29, 0.717) is 0 Å². The molecular formula is C15H25NS. The van der Waals surface area contributed by atoms with E-state index in [1.807, 2.05) is 0 Å². The molecule has 1 unspecified atom stereocenters. The second kappa shape index (κ2) is 7.65. The Morgan fingerprint density at radius 3 is 2.65 bits per heavy atom. The number of aryl methyl sites for hydroxylation is 1. The molecule has 0 aliphatic heterocycles. The number of hydrogen-bond acceptors (Lipinski definition) is 2. The first-order valence-electron chi connectivity index (χ1n) is 6.59. The van der Waals surface area contributed by atoms with Gasteiger partial charge in [-0.1, -0.05) is 19.1 Å². The quantitative estimate of drug-likeness (QED) is 0.712. The number of thiol groups is 1. The molecule has 1 nitrogen and oxygen atoms in total. The van der Waals surface area contributed by atoms with E-state index in [0.717, 1.165) is 24.8 Å². The molecule has 0 spiro atoms. The second-order valence-corrected chi connectivity index (χ2v) is 5.27. The van der Waals surface area contributed by atoms with Crippen LogP contribution in [-0.2, 0) is 0 Å². The van der Waals surface area contributed by atoms with Gasteiger partial charge in [-0.25, -0.2) is 0 Å². The van der Waals surface area contributed by atoms with Gasteiger partial charge in [0.2, 0.25) is 0 Å². The number of hydrogen-bond donors (Lipinski definition) is 1. The molecule has 0 aliphatic carbocycles. The van der Waals surface area contributed by atoms with Crippen molar-refractivity contribution in [1.29, 1.82) is 0 Å². The summed E-state index contributed by atoms with van der Waals surface area (Å²) in [7, 11) is 0. The van der Waals surface area contributed by atoms with Crippen LogP contribution >= 0.6 is 12.6 Å². The molecule has 0 heterocycles. The molecule has 0 aromatic heterocycles. The zero-order valence-corrected chi connectivity index (χ0v) is 12.2. The van der Waals surface area contributed by atoms with Crippen molar-refractivity contribution < 1.29 is 0 Å². The maximum Gasteiger partial charge on any atom is 0.0368 e. The largest absolute Gasteiger partial charge is 0.372 e. The fourth-order valence-corrected chi connectivity index (χ4v) is 2.48. The summed E-state index contributed by atoms with van der Waals surface area (Å²) in [5, 5.41) is 0. The van der Waals surface area contributed by atoms with Crippen LogP contribution in [0.4, 0.5) is 5.69 Å². The van der Waals surface area contributed by atoms with Gasteiger partial charge in [0.25, 0.3) is 0 Å². The number of anilines is 1. The molecular weight excluding hydrogens is 226 g/mol. The van der Waals surface area contributed by atoms with E-state index >= 15 is 0 Å². The van der Waals surface area contributed by atoms with Gasteiger partial charge < -0.3 is 4.90 Å². The first-order valence-corrected chi connectivity index (χ1v) is 7.23. The lowest BCUT2D eigenvalue weighted by Gasteiger charge is -2.25. The van der Waals surface area contributed by atoms with Crippen LogP contribution in [0.15, 0.2) is 24.3 Å². The summed E-state index contributed by atoms with van der Waals surface area (Å²) in [6.45, 7) is 8.93. The van der Waals surface area contributed by atoms with Crippen LogP contribution in [0.5, 0.6) is 0 Å². The van der Waals surface area contributed by atoms with Gasteiger partial charge >= 0.3 is 0 Å². The average molecular weight is 251 g/mol. The van der Waals surface area contributed by atoms with Gasteiger partial charge in [-0.05, 0) is 56.1 Å². The smallest absolute Gasteiger partial charge is 0.0368 e. The lowest BCUT2D eigenvalue weighted by Crippen LogP contribution is -2.25. The van der Waals surface area contributed by atoms with Gasteiger partial charge in [-0.15, -0.1) is 0 Å². The molecule has 1 aromatic rings. The number of benzene rings is 1. The third-order valence-electron chi connectivity index (χ3n) is 3.26. The Balaban J connectivity index is 2.54. The van der Waals surface area contributed by atoms with Crippen LogP contribution < -0.4 is 4.90 Å². The van der Waals surface area contributed by atoms with Gasteiger partial charge in [-0.2, -0.15) is 12.6 Å². The topological polar surface area (TPSA) is 3.24 Å². The zero-order chi connectivity index (χ0) is 12.7. The van der Waals surface area contributed by atoms with Crippen molar-refractivity contribution in [2.24, 2.45) is 5.92 Å². The average Bonchev–Trinajstić information content (AvgIpc) is 2.30. The minimum absolute atomic E-state index is 0.770. The van der Waals surface area contributed by atoms with E-state index < -0.39 is 0 Å². The third kappa shape index (κ3) is 5.03. The number of nitrogens with zero attached hydrogens (tertiary/aromatic N) is 1. The summed E-state index contributed by atoms with van der Waals surface area (Å²) >= 11 is 4.30. The van der Waals surface area contributed by atoms with Crippen LogP contribution in [0.2, 0.25) is 0 Å². The summed E-state index contributed by atoms with van der Waals surface area (Å²) in [5.41, 5.74) is 2.69. The number of rotatable bonds is 7. The Bertz CT molecular complexity index is 324. The van der Waals surface area contributed by atoms with Crippen molar-refractivity contribution >= 4 is 18.3 Å². The summed E-state index contributed by atoms with van der Waals surface area (Å²) < 4.78 is 0. The van der Waals surface area contributed by atoms with Crippen molar-refractivity contribution in [3.05, 3.63) is 29.8 Å². The van der Waals surface area contributed by atoms with Gasteiger partial charge in [-0.3, -0.25) is 0 Å². The van der Waals surface area contributed by atoms with Gasteiger partial charge in [0, 0.05) is 18.8 Å². The summed E-state index contributed by atoms with van der Waals surface area (Å²) in [6.07, 6.45) is 2.47. The molecule has 1 rings (SSSR count). The molecule has 0 bridgehead atoms. The first-order chi connectivity index (χ1) is 8.17. The predicted octanol–water partition coefficient (Wildman–Crippen LogP) is 4.17. The van der Waals surface area contributed by atoms with Crippen LogP contribution in [0.3, 0.4) is 0 Å². The van der Waals surface area contributed by atoms with E-state index in [1.54, 1.807) is 0 Å². The Labute approximate surface area is 112 Å². The highest BCUT2D eigenvalue weighted by atomic mass is 32.1. The van der Waals surface area contributed by atoms with E-state index in [1.165, 1.54) is 24.1 Å². The summed E-state index contributed by atoms with van der Waals surface area (Å²) in [4.78, 5) is 2.46. The molecule has 0 aliphatic rings. The molecule has 0 N–H and O–H groups in total. The van der Waals surface area contributed by atoms with Crippen molar-refractivity contribution in [2.45, 2.75) is 33.6 Å². The van der Waals surface area contributed by atoms with Crippen LogP contribution in [0.1, 0.15) is 32.3 Å². The predicted molar refractivity (Wildman–Crippen MR) is 81.3 cm³/mol. The minimum atomic E-state index is 0.770. The molecule has 0 fully saturated rings. The Morgan fingerprint density at radius 1 is 1.29 bits per heavy atom. The third-order valence-corrected chi connectivity index (χ3v) is 3.52. The molecule has 1 atom stereocenters. The van der Waals surface area contributed by atoms with Crippen LogP contribution in [0.25, 0.3) is 0 Å². The monoisotopic (exact) mass is 251 g/mol. The minimum Gasteiger partial charge on any atom is -0.372 e. The van der Waals surface area contributed by atoms with E-state index in [2.05, 4.69) is 62.6 Å². The maximum absolute atomic E-state index is 4.30. The highest BCUT2D eigenvalue weighted by Crippen LogP contribution is 2.18. The highest BCUT2D eigenvalue weighted by Gasteiger charge is 2.07. The standard InChI is InChI=1S/C15H25NS/c1-4-16(10-8-13(2)9-11-17)15-7-5-6-14(3)12-15/h5-7,12-13,17H,4,8-11H2,1-3H3. The van der Waals surface area contributed by atoms with E-state index in [4.69, 9.17) is 0 Å². The fourth-order valence-electron chi connectivity index (χ4n) is 2.04. The van der Waals surface area contributed by atoms with Crippen molar-refractivity contribution in [2.75, 3.05) is 23.7 Å². The lowest BCUT2D eigenvalue weighted by molar-refractivity contribution is 0.517. The van der Waals surface area contributed by atoms with E-state index in [-0.39, 0.29) is 0 Å². The zero-order valence-electron chi connectivity index (χ0n) is 11.3. The Kier molecular flexibility index (Phi) is 6.49. The highest BCUT2D eigenvalue weighted by molar-refractivity contribution is 7.80. The molecule has 1 aromatic carbocycles. The van der Waals surface area contributed by atoms with Gasteiger partial charge in [0.1, 0.15) is 0 Å². The van der Waals surface area contributed by atoms with Crippen LogP contribution in [-0.4, -0.2) is 18.8 Å². The molecule has 96 valence electrons. The van der Waals surface area contributed by atoms with Crippen molar-refractivity contribution in [3.8, 4) is 0 Å². The second-order valence-electron chi connectivity index (χ2n) is 4.82. The molecule has 17 heavy (non-hydrogen) atoms. The van der Waals surface area contributed by atoms with Crippen molar-refractivity contribution in [3.63, 3.8) is 0 Å². The molecule has 2 heteroatoms. The van der Waals surface area contributed by atoms with Gasteiger partial charge in [0.15, 0.2) is 0 Å². The lowest BCUT2D eigenvalue weighted by atomic mass is 10.0. The SMILES string of the molecule is CCN(CCC(C)CCS)c1cccc(C)c1. The normalized spacial score (nSPS) is 12.5. The van der Waals surface area contributed by atoms with Crippen LogP contribution in [0, 0.1) is 12.8 Å². The van der Waals surface area contributed by atoms with E-state index in [9.17, 15) is 0 Å². The molecule has 0 saturated heterocycles. The molecule has 0 amide bonds.